The van der Waals surface area contributed by atoms with E-state index in [9.17, 15) is 4.79 Å². The van der Waals surface area contributed by atoms with Crippen LogP contribution in [0.3, 0.4) is 0 Å². The molecule has 0 spiro atoms. The number of methoxy groups -OCH3 is 1. The SMILES string of the molecule is COCCc1noc(C(C)NC(=O)C2=C(C)OCCO2)n1. The van der Waals surface area contributed by atoms with Crippen molar-refractivity contribution in [2.75, 3.05) is 26.9 Å². The van der Waals surface area contributed by atoms with Gasteiger partial charge < -0.3 is 24.1 Å². The highest BCUT2D eigenvalue weighted by atomic mass is 16.6. The van der Waals surface area contributed by atoms with Crippen molar-refractivity contribution in [1.82, 2.24) is 15.5 Å². The summed E-state index contributed by atoms with van der Waals surface area (Å²) in [6.07, 6.45) is 0.557. The van der Waals surface area contributed by atoms with Crippen molar-refractivity contribution in [3.05, 3.63) is 23.2 Å². The van der Waals surface area contributed by atoms with Gasteiger partial charge in [0.2, 0.25) is 11.6 Å². The Kier molecular flexibility index (Phi) is 5.15. The third-order valence-corrected chi connectivity index (χ3v) is 2.91. The summed E-state index contributed by atoms with van der Waals surface area (Å²) in [5.41, 5.74) is 0. The Hall–Kier alpha value is -2.09. The molecule has 1 aliphatic heterocycles. The zero-order valence-electron chi connectivity index (χ0n) is 12.3. The van der Waals surface area contributed by atoms with Gasteiger partial charge in [-0.2, -0.15) is 4.98 Å². The zero-order valence-corrected chi connectivity index (χ0v) is 12.3. The Bertz CT molecular complexity index is 526. The lowest BCUT2D eigenvalue weighted by molar-refractivity contribution is -0.123. The van der Waals surface area contributed by atoms with Crippen molar-refractivity contribution in [3.8, 4) is 0 Å². The molecule has 1 aromatic heterocycles. The van der Waals surface area contributed by atoms with Gasteiger partial charge in [0.15, 0.2) is 5.82 Å². The number of carbonyl (C=O) groups excluding carboxylic acids is 1. The van der Waals surface area contributed by atoms with Crippen LogP contribution in [0.2, 0.25) is 0 Å². The Labute approximate surface area is 122 Å². The summed E-state index contributed by atoms with van der Waals surface area (Å²) in [5, 5.41) is 6.56. The predicted octanol–water partition coefficient (Wildman–Crippen LogP) is 0.714. The minimum atomic E-state index is -0.424. The molecule has 0 saturated carbocycles. The normalized spacial score (nSPS) is 16.1. The fourth-order valence-corrected chi connectivity index (χ4v) is 1.79. The third kappa shape index (κ3) is 3.94. The van der Waals surface area contributed by atoms with Gasteiger partial charge in [0, 0.05) is 13.5 Å². The van der Waals surface area contributed by atoms with E-state index in [1.807, 2.05) is 0 Å². The molecule has 8 heteroatoms. The maximum Gasteiger partial charge on any atom is 0.290 e. The summed E-state index contributed by atoms with van der Waals surface area (Å²) in [6.45, 7) is 4.76. The molecule has 1 amide bonds. The molecule has 21 heavy (non-hydrogen) atoms. The van der Waals surface area contributed by atoms with Gasteiger partial charge >= 0.3 is 0 Å². The summed E-state index contributed by atoms with van der Waals surface area (Å²) in [6, 6.07) is -0.424. The summed E-state index contributed by atoms with van der Waals surface area (Å²) < 4.78 is 20.6. The second kappa shape index (κ2) is 7.07. The van der Waals surface area contributed by atoms with Crippen LogP contribution < -0.4 is 5.32 Å². The minimum Gasteiger partial charge on any atom is -0.491 e. The molecule has 1 N–H and O–H groups in total. The second-order valence-electron chi connectivity index (χ2n) is 4.57. The van der Waals surface area contributed by atoms with Crippen LogP contribution in [0.25, 0.3) is 0 Å². The second-order valence-corrected chi connectivity index (χ2v) is 4.57. The van der Waals surface area contributed by atoms with Crippen LogP contribution in [-0.4, -0.2) is 43.0 Å². The van der Waals surface area contributed by atoms with Crippen LogP contribution >= 0.6 is 0 Å². The van der Waals surface area contributed by atoms with E-state index >= 15 is 0 Å². The first-order chi connectivity index (χ1) is 10.1. The number of amides is 1. The van der Waals surface area contributed by atoms with Crippen LogP contribution in [0.1, 0.15) is 31.6 Å². The molecule has 116 valence electrons. The molecule has 0 aromatic carbocycles. The largest absolute Gasteiger partial charge is 0.491 e. The summed E-state index contributed by atoms with van der Waals surface area (Å²) in [7, 11) is 1.60. The smallest absolute Gasteiger partial charge is 0.290 e. The molecule has 2 rings (SSSR count). The predicted molar refractivity (Wildman–Crippen MR) is 71.0 cm³/mol. The monoisotopic (exact) mass is 297 g/mol. The molecule has 0 fully saturated rings. The summed E-state index contributed by atoms with van der Waals surface area (Å²) in [5.74, 6) is 1.17. The minimum absolute atomic E-state index is 0.187. The number of ether oxygens (including phenoxy) is 3. The van der Waals surface area contributed by atoms with Gasteiger partial charge in [-0.1, -0.05) is 5.16 Å². The molecule has 1 unspecified atom stereocenters. The van der Waals surface area contributed by atoms with E-state index in [1.165, 1.54) is 0 Å². The number of hydrogen-bond donors (Lipinski definition) is 1. The fourth-order valence-electron chi connectivity index (χ4n) is 1.79. The van der Waals surface area contributed by atoms with Crippen LogP contribution in [0, 0.1) is 0 Å². The maximum atomic E-state index is 12.1. The lowest BCUT2D eigenvalue weighted by atomic mass is 10.3. The lowest BCUT2D eigenvalue weighted by Crippen LogP contribution is -2.32. The van der Waals surface area contributed by atoms with E-state index in [4.69, 9.17) is 18.7 Å². The summed E-state index contributed by atoms with van der Waals surface area (Å²) in [4.78, 5) is 16.3. The van der Waals surface area contributed by atoms with E-state index in [0.29, 0.717) is 43.7 Å². The molecule has 2 heterocycles. The van der Waals surface area contributed by atoms with Crippen LogP contribution in [0.15, 0.2) is 16.0 Å². The number of allylic oxidation sites excluding steroid dienone is 1. The fraction of sp³-hybridized carbons (Fsp3) is 0.615. The zero-order chi connectivity index (χ0) is 15.2. The van der Waals surface area contributed by atoms with E-state index in [-0.39, 0.29) is 11.7 Å². The molecule has 0 bridgehead atoms. The highest BCUT2D eigenvalue weighted by molar-refractivity contribution is 5.92. The van der Waals surface area contributed by atoms with Gasteiger partial charge in [-0.3, -0.25) is 4.79 Å². The summed E-state index contributed by atoms with van der Waals surface area (Å²) >= 11 is 0. The molecule has 0 saturated heterocycles. The van der Waals surface area contributed by atoms with Gasteiger partial charge in [0.05, 0.1) is 6.61 Å². The Balaban J connectivity index is 1.95. The van der Waals surface area contributed by atoms with Crippen molar-refractivity contribution < 1.29 is 23.5 Å². The molecular formula is C13H19N3O5. The molecule has 0 aliphatic carbocycles. The molecule has 1 aromatic rings. The Morgan fingerprint density at radius 3 is 2.90 bits per heavy atom. The van der Waals surface area contributed by atoms with Gasteiger partial charge in [-0.05, 0) is 13.8 Å². The number of nitrogens with zero attached hydrogens (tertiary/aromatic N) is 2. The average Bonchev–Trinajstić information content (AvgIpc) is 2.94. The van der Waals surface area contributed by atoms with Crippen molar-refractivity contribution in [2.45, 2.75) is 26.3 Å². The number of rotatable bonds is 6. The van der Waals surface area contributed by atoms with E-state index < -0.39 is 6.04 Å². The number of aromatic nitrogens is 2. The molecular weight excluding hydrogens is 278 g/mol. The first-order valence-corrected chi connectivity index (χ1v) is 6.70. The molecule has 1 atom stereocenters. The first kappa shape index (κ1) is 15.3. The topological polar surface area (TPSA) is 95.7 Å². The number of carbonyl (C=O) groups is 1. The van der Waals surface area contributed by atoms with Crippen molar-refractivity contribution in [2.24, 2.45) is 0 Å². The van der Waals surface area contributed by atoms with Crippen molar-refractivity contribution >= 4 is 5.91 Å². The Morgan fingerprint density at radius 1 is 1.43 bits per heavy atom. The number of hydrogen-bond acceptors (Lipinski definition) is 7. The van der Waals surface area contributed by atoms with Crippen LogP contribution in [0.4, 0.5) is 0 Å². The first-order valence-electron chi connectivity index (χ1n) is 6.70. The van der Waals surface area contributed by atoms with Crippen LogP contribution in [0.5, 0.6) is 0 Å². The highest BCUT2D eigenvalue weighted by Gasteiger charge is 2.23. The van der Waals surface area contributed by atoms with Gasteiger partial charge in [0.1, 0.15) is 25.0 Å². The standard InChI is InChI=1S/C13H19N3O5/c1-8(13-15-10(16-21-13)4-5-18-3)14-12(17)11-9(2)19-6-7-20-11/h8H,4-7H2,1-3H3,(H,14,17). The van der Waals surface area contributed by atoms with E-state index in [0.717, 1.165) is 0 Å². The van der Waals surface area contributed by atoms with Crippen LogP contribution in [-0.2, 0) is 25.4 Å². The Morgan fingerprint density at radius 2 is 2.19 bits per heavy atom. The molecule has 1 aliphatic rings. The van der Waals surface area contributed by atoms with Gasteiger partial charge in [0.25, 0.3) is 5.91 Å². The van der Waals surface area contributed by atoms with E-state index in [2.05, 4.69) is 15.5 Å². The molecule has 0 radical (unpaired) electrons. The third-order valence-electron chi connectivity index (χ3n) is 2.91. The van der Waals surface area contributed by atoms with E-state index in [1.54, 1.807) is 21.0 Å². The average molecular weight is 297 g/mol. The lowest BCUT2D eigenvalue weighted by Gasteiger charge is -2.20. The highest BCUT2D eigenvalue weighted by Crippen LogP contribution is 2.16. The number of nitrogens with one attached hydrogen (secondary N) is 1. The molecule has 8 nitrogen and oxygen atoms in total. The van der Waals surface area contributed by atoms with Crippen molar-refractivity contribution in [3.63, 3.8) is 0 Å². The maximum absolute atomic E-state index is 12.1. The van der Waals surface area contributed by atoms with Gasteiger partial charge in [-0.25, -0.2) is 0 Å². The quantitative estimate of drug-likeness (QED) is 0.826. The van der Waals surface area contributed by atoms with Crippen molar-refractivity contribution in [1.29, 1.82) is 0 Å². The van der Waals surface area contributed by atoms with Gasteiger partial charge in [-0.15, -0.1) is 0 Å².